The van der Waals surface area contributed by atoms with Gasteiger partial charge in [-0.25, -0.2) is 4.79 Å². The smallest absolute Gasteiger partial charge is 0.410 e. The van der Waals surface area contributed by atoms with Gasteiger partial charge in [0, 0.05) is 36.8 Å². The van der Waals surface area contributed by atoms with Crippen LogP contribution in [0.2, 0.25) is 0 Å². The van der Waals surface area contributed by atoms with Gasteiger partial charge in [-0.15, -0.1) is 0 Å². The molecule has 2 amide bonds. The van der Waals surface area contributed by atoms with Crippen molar-refractivity contribution in [2.75, 3.05) is 20.7 Å². The molecule has 1 aliphatic rings. The van der Waals surface area contributed by atoms with E-state index in [1.54, 1.807) is 22.9 Å². The summed E-state index contributed by atoms with van der Waals surface area (Å²) in [5.41, 5.74) is 1.90. The molecule has 144 valence electrons. The van der Waals surface area contributed by atoms with E-state index in [1.807, 2.05) is 27.7 Å². The molecule has 1 N–H and O–H groups in total. The Morgan fingerprint density at radius 1 is 1.31 bits per heavy atom. The van der Waals surface area contributed by atoms with Crippen LogP contribution in [-0.2, 0) is 24.4 Å². The van der Waals surface area contributed by atoms with E-state index in [4.69, 9.17) is 9.47 Å². The van der Waals surface area contributed by atoms with Gasteiger partial charge in [-0.3, -0.25) is 9.69 Å². The van der Waals surface area contributed by atoms with Crippen LogP contribution in [0.5, 0.6) is 5.75 Å². The number of rotatable bonds is 4. The highest BCUT2D eigenvalue weighted by Crippen LogP contribution is 2.37. The van der Waals surface area contributed by atoms with Crippen LogP contribution in [0.1, 0.15) is 54.7 Å². The van der Waals surface area contributed by atoms with Gasteiger partial charge >= 0.3 is 6.09 Å². The van der Waals surface area contributed by atoms with Gasteiger partial charge in [-0.05, 0) is 39.3 Å². The minimum absolute atomic E-state index is 0.187. The topological polar surface area (TPSA) is 79.3 Å². The van der Waals surface area contributed by atoms with Crippen molar-refractivity contribution in [2.45, 2.75) is 53.0 Å². The Labute approximate surface area is 154 Å². The van der Waals surface area contributed by atoms with Gasteiger partial charge in [0.05, 0.1) is 20.3 Å². The first-order valence-electron chi connectivity index (χ1n) is 8.68. The van der Waals surface area contributed by atoms with Crippen molar-refractivity contribution in [3.8, 4) is 5.75 Å². The maximum absolute atomic E-state index is 12.7. The van der Waals surface area contributed by atoms with Crippen LogP contribution < -0.4 is 4.74 Å². The van der Waals surface area contributed by atoms with E-state index in [1.165, 1.54) is 7.11 Å². The lowest BCUT2D eigenvalue weighted by Gasteiger charge is -2.24. The Morgan fingerprint density at radius 2 is 1.96 bits per heavy atom. The zero-order chi connectivity index (χ0) is 19.6. The van der Waals surface area contributed by atoms with Gasteiger partial charge in [-0.2, -0.15) is 0 Å². The maximum Gasteiger partial charge on any atom is 0.410 e. The minimum atomic E-state index is -0.586. The van der Waals surface area contributed by atoms with E-state index in [0.29, 0.717) is 36.5 Å². The van der Waals surface area contributed by atoms with E-state index in [0.717, 1.165) is 11.1 Å². The summed E-state index contributed by atoms with van der Waals surface area (Å²) in [7, 11) is 3.21. The van der Waals surface area contributed by atoms with Crippen molar-refractivity contribution in [3.63, 3.8) is 0 Å². The Hall–Kier alpha value is -2.28. The lowest BCUT2D eigenvalue weighted by atomic mass is 9.97. The van der Waals surface area contributed by atoms with Crippen molar-refractivity contribution < 1.29 is 24.2 Å². The number of nitrogens with zero attached hydrogens (tertiary/aromatic N) is 2. The van der Waals surface area contributed by atoms with E-state index in [-0.39, 0.29) is 12.5 Å². The monoisotopic (exact) mass is 364 g/mol. The lowest BCUT2D eigenvalue weighted by Crippen LogP contribution is -2.33. The summed E-state index contributed by atoms with van der Waals surface area (Å²) in [6.45, 7) is 8.21. The number of aliphatic hydroxyl groups is 1. The predicted molar refractivity (Wildman–Crippen MR) is 97.0 cm³/mol. The number of carbonyl (C=O) groups is 2. The summed E-state index contributed by atoms with van der Waals surface area (Å²) in [6, 6.07) is 1.75. The van der Waals surface area contributed by atoms with Crippen LogP contribution in [0.15, 0.2) is 6.07 Å². The average molecular weight is 364 g/mol. The molecule has 0 bridgehead atoms. The minimum Gasteiger partial charge on any atom is -0.496 e. The van der Waals surface area contributed by atoms with Gasteiger partial charge in [0.1, 0.15) is 11.4 Å². The summed E-state index contributed by atoms with van der Waals surface area (Å²) >= 11 is 0. The fourth-order valence-corrected chi connectivity index (χ4v) is 2.96. The number of aliphatic hydroxyl groups excluding tert-OH is 1. The summed E-state index contributed by atoms with van der Waals surface area (Å²) in [6.07, 6.45) is -0.417. The normalized spacial score (nSPS) is 13.4. The Balaban J connectivity index is 2.43. The molecule has 0 saturated carbocycles. The van der Waals surface area contributed by atoms with Gasteiger partial charge in [-0.1, -0.05) is 0 Å². The van der Waals surface area contributed by atoms with E-state index in [2.05, 4.69) is 0 Å². The summed E-state index contributed by atoms with van der Waals surface area (Å²) in [4.78, 5) is 28.2. The highest BCUT2D eigenvalue weighted by atomic mass is 16.6. The number of fused-ring (bicyclic) bond motifs is 1. The van der Waals surface area contributed by atoms with Crippen molar-refractivity contribution in [2.24, 2.45) is 0 Å². The molecule has 7 nitrogen and oxygen atoms in total. The van der Waals surface area contributed by atoms with Gasteiger partial charge in [0.15, 0.2) is 0 Å². The van der Waals surface area contributed by atoms with Gasteiger partial charge in [0.25, 0.3) is 5.91 Å². The fraction of sp³-hybridized carbons (Fsp3) is 0.579. The quantitative estimate of drug-likeness (QED) is 0.888. The van der Waals surface area contributed by atoms with E-state index in [9.17, 15) is 14.7 Å². The molecule has 0 atom stereocenters. The number of ether oxygens (including phenoxy) is 2. The van der Waals surface area contributed by atoms with Crippen molar-refractivity contribution in [1.29, 1.82) is 0 Å². The molecule has 0 fully saturated rings. The molecule has 0 saturated heterocycles. The van der Waals surface area contributed by atoms with Crippen LogP contribution in [0, 0.1) is 0 Å². The van der Waals surface area contributed by atoms with Crippen LogP contribution in [0.3, 0.4) is 0 Å². The molecule has 1 aliphatic heterocycles. The molecule has 2 rings (SSSR count). The second-order valence-corrected chi connectivity index (χ2v) is 7.39. The number of hydrogen-bond donors (Lipinski definition) is 1. The highest BCUT2D eigenvalue weighted by Gasteiger charge is 2.33. The van der Waals surface area contributed by atoms with Gasteiger partial charge in [0.2, 0.25) is 0 Å². The summed E-state index contributed by atoms with van der Waals surface area (Å²) in [5.74, 6) is 0.275. The molecule has 0 unspecified atom stereocenters. The number of benzene rings is 1. The first-order chi connectivity index (χ1) is 12.1. The Kier molecular flexibility index (Phi) is 5.81. The van der Waals surface area contributed by atoms with Crippen molar-refractivity contribution >= 4 is 12.0 Å². The lowest BCUT2D eigenvalue weighted by molar-refractivity contribution is 0.0241. The van der Waals surface area contributed by atoms with E-state index >= 15 is 0 Å². The van der Waals surface area contributed by atoms with Gasteiger partial charge < -0.3 is 19.5 Å². The molecule has 1 aromatic carbocycles. The van der Waals surface area contributed by atoms with Crippen LogP contribution in [-0.4, -0.2) is 53.2 Å². The molecular weight excluding hydrogens is 336 g/mol. The third-order valence-electron chi connectivity index (χ3n) is 4.36. The number of methoxy groups -OCH3 is 1. The SMILES string of the molecule is CCN(C)C(=O)c1cc2c(c(OC)c1CO)CN(C(=O)OC(C)(C)C)C2. The average Bonchev–Trinajstić information content (AvgIpc) is 3.01. The first-order valence-corrected chi connectivity index (χ1v) is 8.68. The molecule has 1 aromatic rings. The summed E-state index contributed by atoms with van der Waals surface area (Å²) in [5, 5.41) is 9.84. The summed E-state index contributed by atoms with van der Waals surface area (Å²) < 4.78 is 10.9. The second kappa shape index (κ2) is 7.53. The largest absolute Gasteiger partial charge is 0.496 e. The van der Waals surface area contributed by atoms with Crippen LogP contribution >= 0.6 is 0 Å². The Bertz CT molecular complexity index is 709. The fourth-order valence-electron chi connectivity index (χ4n) is 2.96. The molecule has 0 radical (unpaired) electrons. The molecule has 1 heterocycles. The predicted octanol–water partition coefficient (Wildman–Crippen LogP) is 2.53. The molecule has 0 aromatic heterocycles. The Morgan fingerprint density at radius 3 is 2.46 bits per heavy atom. The van der Waals surface area contributed by atoms with Crippen molar-refractivity contribution in [3.05, 3.63) is 28.3 Å². The highest BCUT2D eigenvalue weighted by molar-refractivity contribution is 5.97. The number of amides is 2. The second-order valence-electron chi connectivity index (χ2n) is 7.39. The molecule has 0 spiro atoms. The zero-order valence-corrected chi connectivity index (χ0v) is 16.4. The van der Waals surface area contributed by atoms with Crippen molar-refractivity contribution in [1.82, 2.24) is 9.80 Å². The van der Waals surface area contributed by atoms with Crippen LogP contribution in [0.25, 0.3) is 0 Å². The first kappa shape index (κ1) is 20.0. The number of hydrogen-bond acceptors (Lipinski definition) is 5. The third kappa shape index (κ3) is 3.93. The molecule has 26 heavy (non-hydrogen) atoms. The molecular formula is C19H28N2O5. The van der Waals surface area contributed by atoms with E-state index < -0.39 is 11.7 Å². The third-order valence-corrected chi connectivity index (χ3v) is 4.36. The number of carbonyl (C=O) groups excluding carboxylic acids is 2. The van der Waals surface area contributed by atoms with Crippen LogP contribution in [0.4, 0.5) is 4.79 Å². The molecule has 7 heteroatoms. The zero-order valence-electron chi connectivity index (χ0n) is 16.4. The molecule has 0 aliphatic carbocycles. The maximum atomic E-state index is 12.7. The standard InChI is InChI=1S/C19H28N2O5/c1-7-20(5)17(23)13-8-12-9-21(18(24)26-19(2,3)4)10-14(12)16(25-6)15(13)11-22/h8,22H,7,9-11H2,1-6H3.